The van der Waals surface area contributed by atoms with Gasteiger partial charge in [0.25, 0.3) is 0 Å². The molecule has 4 heteroatoms. The topological polar surface area (TPSA) is 58.9 Å². The Hall–Kier alpha value is -1.56. The second kappa shape index (κ2) is 11.1. The summed E-state index contributed by atoms with van der Waals surface area (Å²) in [6.45, 7) is 14.8. The number of terminal acetylenes is 2. The molecule has 4 nitrogen and oxygen atoms in total. The van der Waals surface area contributed by atoms with Crippen LogP contribution in [0.2, 0.25) is 0 Å². The zero-order valence-corrected chi connectivity index (χ0v) is 15.8. The van der Waals surface area contributed by atoms with E-state index in [1.807, 2.05) is 19.9 Å². The van der Waals surface area contributed by atoms with Gasteiger partial charge in [-0.1, -0.05) is 26.0 Å². The highest BCUT2D eigenvalue weighted by Gasteiger charge is 2.39. The van der Waals surface area contributed by atoms with Crippen LogP contribution >= 0.6 is 0 Å². The van der Waals surface area contributed by atoms with Crippen LogP contribution in [0.3, 0.4) is 0 Å². The van der Waals surface area contributed by atoms with Crippen LogP contribution in [0.5, 0.6) is 0 Å². The molecule has 0 radical (unpaired) electrons. The van der Waals surface area contributed by atoms with Gasteiger partial charge in [-0.2, -0.15) is 0 Å². The van der Waals surface area contributed by atoms with Gasteiger partial charge in [-0.25, -0.2) is 0 Å². The minimum absolute atomic E-state index is 0.0251. The van der Waals surface area contributed by atoms with Gasteiger partial charge in [-0.3, -0.25) is 0 Å². The number of aliphatic hydroxyl groups excluding tert-OH is 2. The van der Waals surface area contributed by atoms with Crippen molar-refractivity contribution in [2.24, 2.45) is 11.8 Å². The van der Waals surface area contributed by atoms with Crippen molar-refractivity contribution in [2.75, 3.05) is 0 Å². The average molecular weight is 348 g/mol. The Morgan fingerprint density at radius 1 is 1.20 bits per heavy atom. The Morgan fingerprint density at radius 3 is 2.24 bits per heavy atom. The van der Waals surface area contributed by atoms with E-state index in [4.69, 9.17) is 22.3 Å². The fourth-order valence-corrected chi connectivity index (χ4v) is 2.50. The summed E-state index contributed by atoms with van der Waals surface area (Å²) in [7, 11) is 0. The Labute approximate surface area is 152 Å². The molecule has 2 N–H and O–H groups in total. The van der Waals surface area contributed by atoms with Crippen molar-refractivity contribution < 1.29 is 19.7 Å². The van der Waals surface area contributed by atoms with Crippen LogP contribution in [0.15, 0.2) is 25.3 Å². The minimum Gasteiger partial charge on any atom is -0.392 e. The molecule has 0 aromatic carbocycles. The van der Waals surface area contributed by atoms with E-state index in [9.17, 15) is 10.2 Å². The SMILES string of the molecule is C#CC[C@@H](O)[C@@H](C)[C@@H](O)C=C.C#CC[C@H]1OC(C)(C)O[C@@H](C=C)[C@@H]1C. The number of hydrogen-bond donors (Lipinski definition) is 2. The molecule has 0 saturated carbocycles. The third-order valence-electron chi connectivity index (χ3n) is 4.23. The summed E-state index contributed by atoms with van der Waals surface area (Å²) in [5.41, 5.74) is 0. The van der Waals surface area contributed by atoms with Gasteiger partial charge in [-0.05, 0) is 13.8 Å². The predicted octanol–water partition coefficient (Wildman–Crippen LogP) is 2.91. The Bertz CT molecular complexity index is 497. The van der Waals surface area contributed by atoms with Gasteiger partial charge in [0.05, 0.1) is 24.4 Å². The van der Waals surface area contributed by atoms with Gasteiger partial charge in [-0.15, -0.1) is 37.8 Å². The van der Waals surface area contributed by atoms with E-state index in [1.54, 1.807) is 6.92 Å². The molecule has 0 bridgehead atoms. The van der Waals surface area contributed by atoms with Gasteiger partial charge in [0.1, 0.15) is 0 Å². The smallest absolute Gasteiger partial charge is 0.163 e. The van der Waals surface area contributed by atoms with Crippen LogP contribution in [0.25, 0.3) is 0 Å². The van der Waals surface area contributed by atoms with Gasteiger partial charge < -0.3 is 19.7 Å². The maximum atomic E-state index is 9.27. The van der Waals surface area contributed by atoms with E-state index in [0.29, 0.717) is 6.42 Å². The second-order valence-electron chi connectivity index (χ2n) is 6.70. The highest BCUT2D eigenvalue weighted by Crippen LogP contribution is 2.32. The third-order valence-corrected chi connectivity index (χ3v) is 4.23. The zero-order valence-electron chi connectivity index (χ0n) is 15.8. The molecule has 0 aromatic heterocycles. The molecular formula is C21H32O4. The van der Waals surface area contributed by atoms with Gasteiger partial charge in [0.15, 0.2) is 5.79 Å². The van der Waals surface area contributed by atoms with Crippen molar-refractivity contribution in [1.29, 1.82) is 0 Å². The van der Waals surface area contributed by atoms with Crippen LogP contribution in [0.1, 0.15) is 40.5 Å². The second-order valence-corrected chi connectivity index (χ2v) is 6.70. The maximum Gasteiger partial charge on any atom is 0.163 e. The first-order valence-electron chi connectivity index (χ1n) is 8.47. The number of rotatable bonds is 6. The van der Waals surface area contributed by atoms with Crippen LogP contribution in [0.4, 0.5) is 0 Å². The average Bonchev–Trinajstić information content (AvgIpc) is 2.57. The van der Waals surface area contributed by atoms with Crippen molar-refractivity contribution in [3.05, 3.63) is 25.3 Å². The van der Waals surface area contributed by atoms with Crippen molar-refractivity contribution in [3.63, 3.8) is 0 Å². The fourth-order valence-electron chi connectivity index (χ4n) is 2.50. The lowest BCUT2D eigenvalue weighted by Gasteiger charge is -2.43. The van der Waals surface area contributed by atoms with E-state index < -0.39 is 18.0 Å². The van der Waals surface area contributed by atoms with Crippen LogP contribution in [-0.2, 0) is 9.47 Å². The number of ether oxygens (including phenoxy) is 2. The van der Waals surface area contributed by atoms with E-state index in [-0.39, 0.29) is 30.5 Å². The summed E-state index contributed by atoms with van der Waals surface area (Å²) in [5, 5.41) is 18.4. The lowest BCUT2D eigenvalue weighted by molar-refractivity contribution is -0.307. The fraction of sp³-hybridized carbons (Fsp3) is 0.619. The van der Waals surface area contributed by atoms with E-state index in [0.717, 1.165) is 0 Å². The van der Waals surface area contributed by atoms with Gasteiger partial charge in [0, 0.05) is 24.7 Å². The predicted molar refractivity (Wildman–Crippen MR) is 101 cm³/mol. The molecule has 25 heavy (non-hydrogen) atoms. The van der Waals surface area contributed by atoms with Crippen molar-refractivity contribution >= 4 is 0 Å². The zero-order chi connectivity index (χ0) is 19.6. The number of aliphatic hydroxyl groups is 2. The quantitative estimate of drug-likeness (QED) is 0.572. The minimum atomic E-state index is -0.682. The molecule has 6 atom stereocenters. The molecule has 0 amide bonds. The number of hydrogen-bond acceptors (Lipinski definition) is 4. The summed E-state index contributed by atoms with van der Waals surface area (Å²) in [4.78, 5) is 0. The van der Waals surface area contributed by atoms with Crippen molar-refractivity contribution in [3.8, 4) is 24.7 Å². The Kier molecular flexibility index (Phi) is 10.4. The molecule has 1 aliphatic heterocycles. The maximum absolute atomic E-state index is 9.27. The molecule has 1 heterocycles. The molecule has 1 aliphatic rings. The molecule has 0 aliphatic carbocycles. The van der Waals surface area contributed by atoms with Crippen LogP contribution in [0, 0.1) is 36.5 Å². The highest BCUT2D eigenvalue weighted by atomic mass is 16.7. The van der Waals surface area contributed by atoms with Gasteiger partial charge >= 0.3 is 0 Å². The first-order valence-corrected chi connectivity index (χ1v) is 8.47. The molecule has 0 unspecified atom stereocenters. The Morgan fingerprint density at radius 2 is 1.80 bits per heavy atom. The molecule has 0 aromatic rings. The van der Waals surface area contributed by atoms with E-state index >= 15 is 0 Å². The highest BCUT2D eigenvalue weighted by molar-refractivity contribution is 4.97. The van der Waals surface area contributed by atoms with E-state index in [1.165, 1.54) is 6.08 Å². The van der Waals surface area contributed by atoms with Gasteiger partial charge in [0.2, 0.25) is 0 Å². The summed E-state index contributed by atoms with van der Waals surface area (Å²) < 4.78 is 11.4. The molecule has 140 valence electrons. The standard InChI is InChI=1S/C12H18O2.C9H14O2/c1-6-8-11-9(3)10(7-2)13-12(4,5)14-11;1-4-6-9(11)7(3)8(10)5-2/h1,7,9-11H,2,8H2,3-5H3;1,5,7-11H,2,6H2,3H3/t9-,10-,11+;7-,8-,9+/m00/s1. The lowest BCUT2D eigenvalue weighted by Crippen LogP contribution is -2.49. The molecule has 1 fully saturated rings. The summed E-state index contributed by atoms with van der Waals surface area (Å²) >= 11 is 0. The molecule has 1 saturated heterocycles. The summed E-state index contributed by atoms with van der Waals surface area (Å²) in [5.74, 6) is 4.42. The normalized spacial score (nSPS) is 28.1. The van der Waals surface area contributed by atoms with Crippen LogP contribution < -0.4 is 0 Å². The molecule has 1 rings (SSSR count). The monoisotopic (exact) mass is 348 g/mol. The first kappa shape index (κ1) is 23.4. The lowest BCUT2D eigenvalue weighted by atomic mass is 9.93. The molecule has 0 spiro atoms. The third kappa shape index (κ3) is 7.90. The van der Waals surface area contributed by atoms with Crippen LogP contribution in [-0.4, -0.2) is 40.4 Å². The summed E-state index contributed by atoms with van der Waals surface area (Å²) in [6.07, 6.45) is 13.2. The first-order chi connectivity index (χ1) is 11.6. The van der Waals surface area contributed by atoms with Crippen molar-refractivity contribution in [1.82, 2.24) is 0 Å². The molecular weight excluding hydrogens is 316 g/mol. The van der Waals surface area contributed by atoms with E-state index in [2.05, 4.69) is 31.9 Å². The largest absolute Gasteiger partial charge is 0.392 e. The Balaban J connectivity index is 0.000000477. The summed E-state index contributed by atoms with van der Waals surface area (Å²) in [6, 6.07) is 0. The van der Waals surface area contributed by atoms with Crippen molar-refractivity contribution in [2.45, 2.75) is 70.7 Å².